The number of nitrogens with one attached hydrogen (secondary N) is 2. The van der Waals surface area contributed by atoms with Gasteiger partial charge in [0.1, 0.15) is 11.8 Å². The van der Waals surface area contributed by atoms with E-state index in [0.717, 1.165) is 35.9 Å². The number of amides is 5. The molecule has 0 bridgehead atoms. The Morgan fingerprint density at radius 1 is 0.810 bits per heavy atom. The van der Waals surface area contributed by atoms with Gasteiger partial charge in [0.2, 0.25) is 27.7 Å². The largest absolute Gasteiger partial charge is 0.415 e. The summed E-state index contributed by atoms with van der Waals surface area (Å²) in [5.41, 5.74) is 1.70. The average Bonchev–Trinajstić information content (AvgIpc) is 3.88. The summed E-state index contributed by atoms with van der Waals surface area (Å²) in [6, 6.07) is 3.85. The van der Waals surface area contributed by atoms with Crippen LogP contribution in [-0.4, -0.2) is 186 Å². The van der Waals surface area contributed by atoms with Gasteiger partial charge in [-0.3, -0.25) is 33.6 Å². The normalized spacial score (nSPS) is 19.1. The highest BCUT2D eigenvalue weighted by atomic mass is 33.1. The summed E-state index contributed by atoms with van der Waals surface area (Å²) in [5.74, 6) is -2.08. The number of carbonyl (C=O) groups is 6. The lowest BCUT2D eigenvalue weighted by atomic mass is 9.83. The molecule has 1 aromatic carbocycles. The standard InChI is InChI=1S/C60H99N9O11S4/c1-17-40(10)54(66(14)59(74)46(36(2)3)32-50(70)53(37(4)5)65(12)13)51(78-15)33-52(71)68-28-18-19-48(68)55(79-16)41(11)56(72)61-47(57(73)63-84(76,77)45-24-25-45)31-42-20-22-44(23-21-42)80-60(75)67-29-26-43(27-30-67)34-69-49(35-81-38(6)7)58(62-64-69)83-82-39(8)9/h20-23,36-41,43,45-48,51,53-55H,17-19,24-35H2,1-16H3,(H,61,72)(H,63,73)/t40-,41+,46-,47-,48-,51+,53-,54-,55+/m0/s1. The monoisotopic (exact) mass is 1250 g/mol. The van der Waals surface area contributed by atoms with Crippen molar-refractivity contribution < 1.29 is 51.4 Å². The van der Waals surface area contributed by atoms with Gasteiger partial charge in [0.25, 0.3) is 5.91 Å². The molecule has 5 amide bonds. The van der Waals surface area contributed by atoms with Crippen molar-refractivity contribution in [1.29, 1.82) is 0 Å². The fraction of sp³-hybridized carbons (Fsp3) is 0.767. The third kappa shape index (κ3) is 19.8. The Kier molecular flexibility index (Phi) is 27.7. The summed E-state index contributed by atoms with van der Waals surface area (Å²) >= 11 is 1.87. The lowest BCUT2D eigenvalue weighted by Crippen LogP contribution is -2.55. The van der Waals surface area contributed by atoms with Gasteiger partial charge in [-0.05, 0) is 110 Å². The van der Waals surface area contributed by atoms with Crippen LogP contribution in [0.15, 0.2) is 29.3 Å². The SMILES string of the molecule is CC[C@H](C)[C@@H]([C@@H](CC(=O)N1CCC[C@H]1[C@H](OC)[C@@H](C)C(=O)N[C@@H](Cc1ccc(OC(=O)N2CCC(Cn3nnc(SSC(C)C)c3CSC(C)C)CC2)cc1)C(=O)NS(=O)(=O)C1CC1)OC)N(C)C(=O)[C@@H](CC(=O)[C@H](C(C)C)N(C)C)C(C)C. The number of rotatable bonds is 33. The van der Waals surface area contributed by atoms with Gasteiger partial charge in [0.15, 0.2) is 10.8 Å². The number of thioether (sulfide) groups is 1. The van der Waals surface area contributed by atoms with Crippen LogP contribution in [0.2, 0.25) is 0 Å². The summed E-state index contributed by atoms with van der Waals surface area (Å²) in [4.78, 5) is 91.6. The first kappa shape index (κ1) is 70.8. The quantitative estimate of drug-likeness (QED) is 0.0639. The lowest BCUT2D eigenvalue weighted by molar-refractivity contribution is -0.149. The molecule has 5 rings (SSSR count). The number of benzene rings is 1. The molecule has 84 heavy (non-hydrogen) atoms. The first-order valence-electron chi connectivity index (χ1n) is 30.2. The van der Waals surface area contributed by atoms with Crippen molar-refractivity contribution in [2.24, 2.45) is 35.5 Å². The van der Waals surface area contributed by atoms with E-state index < -0.39 is 75.4 Å². The molecule has 2 saturated heterocycles. The number of likely N-dealkylation sites (tertiary alicyclic amines) is 2. The van der Waals surface area contributed by atoms with Crippen LogP contribution in [0.1, 0.15) is 145 Å². The summed E-state index contributed by atoms with van der Waals surface area (Å²) in [6.07, 6.45) is 2.21. The first-order valence-corrected chi connectivity index (χ1v) is 35.0. The fourth-order valence-corrected chi connectivity index (χ4v) is 15.7. The topological polar surface area (TPSA) is 232 Å². The highest BCUT2D eigenvalue weighted by Gasteiger charge is 2.45. The zero-order valence-corrected chi connectivity index (χ0v) is 56.1. The van der Waals surface area contributed by atoms with E-state index in [2.05, 4.69) is 48.0 Å². The van der Waals surface area contributed by atoms with Gasteiger partial charge < -0.3 is 34.2 Å². The molecular weight excluding hydrogens is 1150 g/mol. The number of aromatic nitrogens is 3. The summed E-state index contributed by atoms with van der Waals surface area (Å²) in [6.45, 7) is 24.5. The van der Waals surface area contributed by atoms with Crippen molar-refractivity contribution in [3.63, 3.8) is 0 Å². The average molecular weight is 1250 g/mol. The molecular formula is C60H99N9O11S4. The molecule has 474 valence electrons. The number of methoxy groups -OCH3 is 2. The van der Waals surface area contributed by atoms with Crippen LogP contribution in [0.25, 0.3) is 0 Å². The van der Waals surface area contributed by atoms with Crippen LogP contribution in [0, 0.1) is 35.5 Å². The maximum Gasteiger partial charge on any atom is 0.415 e. The van der Waals surface area contributed by atoms with Gasteiger partial charge in [0, 0.05) is 77.2 Å². The Morgan fingerprint density at radius 2 is 1.46 bits per heavy atom. The Morgan fingerprint density at radius 3 is 2.01 bits per heavy atom. The smallest absolute Gasteiger partial charge is 0.410 e. The number of hydrogen-bond acceptors (Lipinski definition) is 17. The molecule has 24 heteroatoms. The molecule has 2 aromatic rings. The number of nitrogens with zero attached hydrogens (tertiary/aromatic N) is 7. The predicted octanol–water partition coefficient (Wildman–Crippen LogP) is 8.35. The van der Waals surface area contributed by atoms with Gasteiger partial charge in [-0.2, -0.15) is 11.8 Å². The van der Waals surface area contributed by atoms with Crippen molar-refractivity contribution in [2.45, 2.75) is 210 Å². The van der Waals surface area contributed by atoms with Crippen LogP contribution in [-0.2, 0) is 62.2 Å². The van der Waals surface area contributed by atoms with Gasteiger partial charge >= 0.3 is 6.09 Å². The third-order valence-electron chi connectivity index (χ3n) is 16.7. The molecule has 3 aliphatic rings. The molecule has 3 heterocycles. The molecule has 2 aliphatic heterocycles. The molecule has 0 radical (unpaired) electrons. The summed E-state index contributed by atoms with van der Waals surface area (Å²) in [7, 11) is 7.96. The van der Waals surface area contributed by atoms with E-state index in [0.29, 0.717) is 73.7 Å². The Hall–Kier alpha value is -3.94. The number of carbonyl (C=O) groups excluding carboxylic acids is 6. The molecule has 2 N–H and O–H groups in total. The zero-order valence-electron chi connectivity index (χ0n) is 52.8. The second-order valence-corrected chi connectivity index (χ2v) is 31.1. The Labute approximate surface area is 513 Å². The number of likely N-dealkylation sites (N-methyl/N-ethyl adjacent to an activating group) is 2. The van der Waals surface area contributed by atoms with Crippen molar-refractivity contribution in [1.82, 2.24) is 44.6 Å². The van der Waals surface area contributed by atoms with Crippen molar-refractivity contribution in [2.75, 3.05) is 55.0 Å². The van der Waals surface area contributed by atoms with Crippen LogP contribution in [0.3, 0.4) is 0 Å². The molecule has 0 unspecified atom stereocenters. The van der Waals surface area contributed by atoms with Gasteiger partial charge in [-0.1, -0.05) is 111 Å². The second-order valence-electron chi connectivity index (χ2n) is 24.8. The van der Waals surface area contributed by atoms with Crippen LogP contribution < -0.4 is 14.8 Å². The van der Waals surface area contributed by atoms with Crippen molar-refractivity contribution >= 4 is 78.9 Å². The Balaban J connectivity index is 1.24. The molecule has 1 aromatic heterocycles. The molecule has 1 saturated carbocycles. The fourth-order valence-electron chi connectivity index (χ4n) is 11.6. The van der Waals surface area contributed by atoms with Crippen LogP contribution in [0.4, 0.5) is 4.79 Å². The van der Waals surface area contributed by atoms with E-state index in [1.54, 1.807) is 74.5 Å². The van der Waals surface area contributed by atoms with Gasteiger partial charge in [-0.15, -0.1) is 5.10 Å². The second kappa shape index (κ2) is 32.9. The van der Waals surface area contributed by atoms with E-state index in [9.17, 15) is 37.2 Å². The van der Waals surface area contributed by atoms with Crippen LogP contribution in [0.5, 0.6) is 5.75 Å². The molecule has 1 aliphatic carbocycles. The molecule has 0 spiro atoms. The number of sulfonamides is 1. The van der Waals surface area contributed by atoms with E-state index >= 15 is 0 Å². The number of piperidine rings is 1. The van der Waals surface area contributed by atoms with Crippen molar-refractivity contribution in [3.05, 3.63) is 35.5 Å². The van der Waals surface area contributed by atoms with E-state index in [1.165, 1.54) is 14.2 Å². The van der Waals surface area contributed by atoms with E-state index in [1.807, 2.05) is 77.0 Å². The minimum Gasteiger partial charge on any atom is -0.410 e. The minimum absolute atomic E-state index is 0.00898. The highest BCUT2D eigenvalue weighted by Crippen LogP contribution is 2.38. The number of ketones is 1. The van der Waals surface area contributed by atoms with Crippen LogP contribution >= 0.6 is 33.3 Å². The minimum atomic E-state index is -3.99. The number of ether oxygens (including phenoxy) is 3. The van der Waals surface area contributed by atoms with E-state index in [-0.39, 0.29) is 66.4 Å². The summed E-state index contributed by atoms with van der Waals surface area (Å²) in [5, 5.41) is 13.1. The highest BCUT2D eigenvalue weighted by molar-refractivity contribution is 8.76. The summed E-state index contributed by atoms with van der Waals surface area (Å²) < 4.78 is 48.4. The molecule has 9 atom stereocenters. The van der Waals surface area contributed by atoms with Gasteiger partial charge in [-0.25, -0.2) is 17.9 Å². The van der Waals surface area contributed by atoms with Gasteiger partial charge in [0.05, 0.1) is 53.6 Å². The number of hydrogen-bond donors (Lipinski definition) is 2. The zero-order chi connectivity index (χ0) is 62.3. The molecule has 3 fully saturated rings. The maximum atomic E-state index is 14.6. The van der Waals surface area contributed by atoms with E-state index in [4.69, 9.17) is 14.2 Å². The van der Waals surface area contributed by atoms with Crippen molar-refractivity contribution in [3.8, 4) is 5.75 Å². The maximum absolute atomic E-state index is 14.6. The molecule has 20 nitrogen and oxygen atoms in total. The first-order chi connectivity index (χ1) is 39.6. The number of Topliss-reactive ketones (excluding diaryl/α,β-unsaturated/α-hetero) is 1. The Bertz CT molecular complexity index is 2580. The predicted molar refractivity (Wildman–Crippen MR) is 334 cm³/mol. The lowest BCUT2D eigenvalue weighted by Gasteiger charge is -2.41. The third-order valence-corrected chi connectivity index (χ3v) is 22.5.